The molecule has 30 heavy (non-hydrogen) atoms. The molecule has 0 fully saturated rings. The Bertz CT molecular complexity index is 1040. The lowest BCUT2D eigenvalue weighted by molar-refractivity contribution is -0.117. The van der Waals surface area contributed by atoms with Crippen molar-refractivity contribution in [3.05, 3.63) is 76.6 Å². The van der Waals surface area contributed by atoms with Crippen molar-refractivity contribution in [3.63, 3.8) is 0 Å². The van der Waals surface area contributed by atoms with Crippen molar-refractivity contribution < 1.29 is 4.79 Å². The van der Waals surface area contributed by atoms with Gasteiger partial charge >= 0.3 is 0 Å². The Morgan fingerprint density at radius 1 is 0.933 bits per heavy atom. The Morgan fingerprint density at radius 2 is 1.60 bits per heavy atom. The van der Waals surface area contributed by atoms with Gasteiger partial charge in [0.2, 0.25) is 5.91 Å². The first kappa shape index (κ1) is 21.3. The normalized spacial score (nSPS) is 10.6. The van der Waals surface area contributed by atoms with E-state index in [4.69, 9.17) is 0 Å². The summed E-state index contributed by atoms with van der Waals surface area (Å²) in [6.45, 7) is 8.02. The van der Waals surface area contributed by atoms with Gasteiger partial charge in [0.25, 0.3) is 5.56 Å². The van der Waals surface area contributed by atoms with E-state index < -0.39 is 0 Å². The fourth-order valence-electron chi connectivity index (χ4n) is 3.31. The highest BCUT2D eigenvalue weighted by Gasteiger charge is 2.09. The van der Waals surface area contributed by atoms with Gasteiger partial charge in [-0.1, -0.05) is 31.2 Å². The number of rotatable bonds is 8. The number of nitrogens with one attached hydrogen (secondary N) is 1. The van der Waals surface area contributed by atoms with Gasteiger partial charge < -0.3 is 10.2 Å². The van der Waals surface area contributed by atoms with Crippen LogP contribution in [0.3, 0.4) is 0 Å². The van der Waals surface area contributed by atoms with Gasteiger partial charge in [-0.3, -0.25) is 9.59 Å². The Balaban J connectivity index is 1.71. The third-order valence-electron chi connectivity index (χ3n) is 5.10. The van der Waals surface area contributed by atoms with Crippen molar-refractivity contribution in [3.8, 4) is 11.3 Å². The summed E-state index contributed by atoms with van der Waals surface area (Å²) in [5, 5.41) is 7.21. The first-order valence-electron chi connectivity index (χ1n) is 10.4. The second kappa shape index (κ2) is 9.87. The SMILES string of the molecule is CCc1ccc(-c2ccc(=O)n(CC(=O)Nc3ccc(N(CC)CC)cc3)n2)cc1. The van der Waals surface area contributed by atoms with Gasteiger partial charge in [-0.25, -0.2) is 4.68 Å². The van der Waals surface area contributed by atoms with Crippen LogP contribution >= 0.6 is 0 Å². The molecule has 1 heterocycles. The molecule has 0 aliphatic heterocycles. The Labute approximate surface area is 177 Å². The fourth-order valence-corrected chi connectivity index (χ4v) is 3.31. The molecule has 0 radical (unpaired) electrons. The van der Waals surface area contributed by atoms with Crippen LogP contribution in [0.4, 0.5) is 11.4 Å². The zero-order valence-corrected chi connectivity index (χ0v) is 17.8. The van der Waals surface area contributed by atoms with E-state index in [0.717, 1.165) is 30.8 Å². The molecule has 6 heteroatoms. The molecule has 3 aromatic rings. The molecule has 0 bridgehead atoms. The van der Waals surface area contributed by atoms with Crippen molar-refractivity contribution >= 4 is 17.3 Å². The highest BCUT2D eigenvalue weighted by atomic mass is 16.2. The smallest absolute Gasteiger partial charge is 0.267 e. The average Bonchev–Trinajstić information content (AvgIpc) is 2.77. The maximum absolute atomic E-state index is 12.5. The second-order valence-corrected chi connectivity index (χ2v) is 7.03. The zero-order chi connectivity index (χ0) is 21.5. The van der Waals surface area contributed by atoms with Crippen LogP contribution in [0, 0.1) is 0 Å². The van der Waals surface area contributed by atoms with E-state index in [0.29, 0.717) is 11.4 Å². The fraction of sp³-hybridized carbons (Fsp3) is 0.292. The number of hydrogen-bond donors (Lipinski definition) is 1. The van der Waals surface area contributed by atoms with Crippen molar-refractivity contribution in [2.75, 3.05) is 23.3 Å². The summed E-state index contributed by atoms with van der Waals surface area (Å²) in [4.78, 5) is 26.9. The van der Waals surface area contributed by atoms with E-state index in [-0.39, 0.29) is 18.0 Å². The van der Waals surface area contributed by atoms with E-state index in [1.54, 1.807) is 6.07 Å². The van der Waals surface area contributed by atoms with Gasteiger partial charge in [-0.05, 0) is 56.2 Å². The van der Waals surface area contributed by atoms with E-state index in [1.165, 1.54) is 16.3 Å². The molecule has 1 amide bonds. The summed E-state index contributed by atoms with van der Waals surface area (Å²) >= 11 is 0. The summed E-state index contributed by atoms with van der Waals surface area (Å²) in [6.07, 6.45) is 0.962. The number of amides is 1. The molecule has 0 atom stereocenters. The molecular formula is C24H28N4O2. The maximum atomic E-state index is 12.5. The summed E-state index contributed by atoms with van der Waals surface area (Å²) < 4.78 is 1.20. The van der Waals surface area contributed by atoms with Crippen molar-refractivity contribution in [2.45, 2.75) is 33.7 Å². The minimum absolute atomic E-state index is 0.141. The first-order valence-corrected chi connectivity index (χ1v) is 10.4. The Kier molecular flexibility index (Phi) is 7.01. The highest BCUT2D eigenvalue weighted by Crippen LogP contribution is 2.18. The number of aromatic nitrogens is 2. The maximum Gasteiger partial charge on any atom is 0.267 e. The second-order valence-electron chi connectivity index (χ2n) is 7.03. The van der Waals surface area contributed by atoms with E-state index >= 15 is 0 Å². The van der Waals surface area contributed by atoms with Crippen LogP contribution in [0.5, 0.6) is 0 Å². The molecule has 0 spiro atoms. The molecule has 3 rings (SSSR count). The molecule has 6 nitrogen and oxygen atoms in total. The molecule has 0 saturated carbocycles. The van der Waals surface area contributed by atoms with Crippen LogP contribution in [0.15, 0.2) is 65.5 Å². The van der Waals surface area contributed by atoms with Crippen LogP contribution in [0.2, 0.25) is 0 Å². The predicted octanol–water partition coefficient (Wildman–Crippen LogP) is 3.96. The van der Waals surface area contributed by atoms with Gasteiger partial charge in [0.05, 0.1) is 5.69 Å². The lowest BCUT2D eigenvalue weighted by Gasteiger charge is -2.21. The van der Waals surface area contributed by atoms with Crippen LogP contribution in [0.1, 0.15) is 26.3 Å². The number of anilines is 2. The monoisotopic (exact) mass is 404 g/mol. The lowest BCUT2D eigenvalue weighted by Crippen LogP contribution is -2.29. The molecule has 0 aliphatic carbocycles. The van der Waals surface area contributed by atoms with E-state index in [9.17, 15) is 9.59 Å². The minimum Gasteiger partial charge on any atom is -0.372 e. The standard InChI is InChI=1S/C24H28N4O2/c1-4-18-7-9-19(10-8-18)22-15-16-24(30)28(26-22)17-23(29)25-20-11-13-21(14-12-20)27(5-2)6-3/h7-16H,4-6,17H2,1-3H3,(H,25,29). The number of hydrogen-bond acceptors (Lipinski definition) is 4. The zero-order valence-electron chi connectivity index (χ0n) is 17.8. The molecule has 0 saturated heterocycles. The Morgan fingerprint density at radius 3 is 2.20 bits per heavy atom. The van der Waals surface area contributed by atoms with Crippen LogP contribution < -0.4 is 15.8 Å². The quantitative estimate of drug-likeness (QED) is 0.617. The number of nitrogens with zero attached hydrogens (tertiary/aromatic N) is 3. The molecule has 0 aliphatic rings. The topological polar surface area (TPSA) is 67.2 Å². The molecular weight excluding hydrogens is 376 g/mol. The molecule has 156 valence electrons. The number of aryl methyl sites for hydroxylation is 1. The number of carbonyl (C=O) groups excluding carboxylic acids is 1. The van der Waals surface area contributed by atoms with E-state index in [1.807, 2.05) is 48.5 Å². The van der Waals surface area contributed by atoms with Crippen molar-refractivity contribution in [2.24, 2.45) is 0 Å². The van der Waals surface area contributed by atoms with Crippen LogP contribution in [-0.2, 0) is 17.8 Å². The van der Waals surface area contributed by atoms with E-state index in [2.05, 4.69) is 36.1 Å². The number of carbonyl (C=O) groups is 1. The summed E-state index contributed by atoms with van der Waals surface area (Å²) in [7, 11) is 0. The van der Waals surface area contributed by atoms with Gasteiger partial charge in [0.1, 0.15) is 6.54 Å². The van der Waals surface area contributed by atoms with Gasteiger partial charge in [-0.15, -0.1) is 0 Å². The van der Waals surface area contributed by atoms with Crippen molar-refractivity contribution in [1.29, 1.82) is 0 Å². The number of benzene rings is 2. The van der Waals surface area contributed by atoms with Crippen LogP contribution in [-0.4, -0.2) is 28.8 Å². The first-order chi connectivity index (χ1) is 14.5. The third-order valence-corrected chi connectivity index (χ3v) is 5.10. The summed E-state index contributed by atoms with van der Waals surface area (Å²) in [5.41, 5.74) is 4.30. The lowest BCUT2D eigenvalue weighted by atomic mass is 10.1. The largest absolute Gasteiger partial charge is 0.372 e. The molecule has 1 N–H and O–H groups in total. The third kappa shape index (κ3) is 5.14. The highest BCUT2D eigenvalue weighted by molar-refractivity contribution is 5.90. The van der Waals surface area contributed by atoms with Gasteiger partial charge in [0.15, 0.2) is 0 Å². The van der Waals surface area contributed by atoms with Gasteiger partial charge in [0, 0.05) is 36.1 Å². The summed E-state index contributed by atoms with van der Waals surface area (Å²) in [6, 6.07) is 18.9. The van der Waals surface area contributed by atoms with Crippen molar-refractivity contribution in [1.82, 2.24) is 9.78 Å². The summed E-state index contributed by atoms with van der Waals surface area (Å²) in [5.74, 6) is -0.293. The minimum atomic E-state index is -0.309. The molecule has 2 aromatic carbocycles. The van der Waals surface area contributed by atoms with Crippen LogP contribution in [0.25, 0.3) is 11.3 Å². The van der Waals surface area contributed by atoms with Gasteiger partial charge in [-0.2, -0.15) is 5.10 Å². The Hall–Kier alpha value is -3.41. The molecule has 0 unspecified atom stereocenters. The predicted molar refractivity (Wildman–Crippen MR) is 122 cm³/mol. The molecule has 1 aromatic heterocycles. The average molecular weight is 405 g/mol.